The summed E-state index contributed by atoms with van der Waals surface area (Å²) in [5.41, 5.74) is 3.18. The smallest absolute Gasteiger partial charge is 0.251 e. The van der Waals surface area contributed by atoms with Crippen LogP contribution in [0.5, 0.6) is 5.75 Å². The summed E-state index contributed by atoms with van der Waals surface area (Å²) in [6.45, 7) is -0.0500. The van der Waals surface area contributed by atoms with Gasteiger partial charge in [0.2, 0.25) is 0 Å². The molecule has 4 heteroatoms. The predicted octanol–water partition coefficient (Wildman–Crippen LogP) is 3.97. The Labute approximate surface area is 152 Å². The van der Waals surface area contributed by atoms with Crippen LogP contribution in [-0.2, 0) is 0 Å². The summed E-state index contributed by atoms with van der Waals surface area (Å²) in [5.74, 6) is 0.262. The van der Waals surface area contributed by atoms with Crippen molar-refractivity contribution in [3.63, 3.8) is 0 Å². The number of hydrogen-bond donors (Lipinski definition) is 1. The van der Waals surface area contributed by atoms with E-state index in [1.807, 2.05) is 42.5 Å². The lowest BCUT2D eigenvalue weighted by atomic mass is 10.0. The maximum atomic E-state index is 12.2. The van der Waals surface area contributed by atoms with Gasteiger partial charge in [-0.2, -0.15) is 0 Å². The molecule has 0 saturated heterocycles. The lowest BCUT2D eigenvalue weighted by molar-refractivity contribution is 0.0904. The van der Waals surface area contributed by atoms with Gasteiger partial charge in [-0.25, -0.2) is 0 Å². The third kappa shape index (κ3) is 4.16. The molecule has 0 aliphatic rings. The van der Waals surface area contributed by atoms with E-state index in [-0.39, 0.29) is 18.2 Å². The molecule has 130 valence electrons. The van der Waals surface area contributed by atoms with Gasteiger partial charge in [-0.05, 0) is 47.5 Å². The van der Waals surface area contributed by atoms with Crippen LogP contribution < -0.4 is 10.1 Å². The second-order valence-electron chi connectivity index (χ2n) is 5.78. The van der Waals surface area contributed by atoms with Gasteiger partial charge >= 0.3 is 0 Å². The number of amides is 1. The van der Waals surface area contributed by atoms with Crippen molar-refractivity contribution in [1.29, 1.82) is 0 Å². The Hall–Kier alpha value is -3.40. The Bertz CT molecular complexity index is 885. The van der Waals surface area contributed by atoms with Gasteiger partial charge in [0.05, 0.1) is 13.7 Å². The van der Waals surface area contributed by atoms with Gasteiger partial charge in [-0.15, -0.1) is 0 Å². The monoisotopic (exact) mass is 345 g/mol. The van der Waals surface area contributed by atoms with Crippen LogP contribution in [0.25, 0.3) is 11.1 Å². The SMILES string of the molecule is COc1ccc(C(=O)CNC(=O)c2ccc(-c3ccccc3)cc2)cc1. The lowest BCUT2D eigenvalue weighted by Crippen LogP contribution is -2.29. The fraction of sp³-hybridized carbons (Fsp3) is 0.0909. The van der Waals surface area contributed by atoms with E-state index in [9.17, 15) is 9.59 Å². The molecule has 0 spiro atoms. The summed E-state index contributed by atoms with van der Waals surface area (Å²) in [6, 6.07) is 24.1. The molecule has 0 aromatic heterocycles. The maximum absolute atomic E-state index is 12.2. The molecular weight excluding hydrogens is 326 g/mol. The zero-order chi connectivity index (χ0) is 18.4. The molecule has 3 aromatic carbocycles. The summed E-state index contributed by atoms with van der Waals surface area (Å²) >= 11 is 0. The van der Waals surface area contributed by atoms with E-state index in [0.717, 1.165) is 11.1 Å². The number of methoxy groups -OCH3 is 1. The van der Waals surface area contributed by atoms with Crippen molar-refractivity contribution < 1.29 is 14.3 Å². The summed E-state index contributed by atoms with van der Waals surface area (Å²) in [7, 11) is 1.57. The molecule has 3 aromatic rings. The molecule has 4 nitrogen and oxygen atoms in total. The van der Waals surface area contributed by atoms with Crippen LogP contribution in [-0.4, -0.2) is 25.3 Å². The van der Waals surface area contributed by atoms with E-state index in [4.69, 9.17) is 4.74 Å². The molecule has 3 rings (SSSR count). The summed E-state index contributed by atoms with van der Waals surface area (Å²) in [5, 5.41) is 2.67. The first-order chi connectivity index (χ1) is 12.7. The molecule has 0 bridgehead atoms. The molecule has 0 unspecified atom stereocenters. The van der Waals surface area contributed by atoms with Gasteiger partial charge in [0.25, 0.3) is 5.91 Å². The Morgan fingerprint density at radius 1 is 0.769 bits per heavy atom. The zero-order valence-electron chi connectivity index (χ0n) is 14.4. The molecule has 0 saturated carbocycles. The van der Waals surface area contributed by atoms with E-state index in [1.165, 1.54) is 0 Å². The molecule has 1 N–H and O–H groups in total. The number of rotatable bonds is 6. The maximum Gasteiger partial charge on any atom is 0.251 e. The van der Waals surface area contributed by atoms with E-state index in [2.05, 4.69) is 5.32 Å². The van der Waals surface area contributed by atoms with Crippen molar-refractivity contribution >= 4 is 11.7 Å². The average molecular weight is 345 g/mol. The largest absolute Gasteiger partial charge is 0.497 e. The zero-order valence-corrected chi connectivity index (χ0v) is 14.4. The van der Waals surface area contributed by atoms with E-state index < -0.39 is 0 Å². The van der Waals surface area contributed by atoms with Crippen LogP contribution in [0.2, 0.25) is 0 Å². The Morgan fingerprint density at radius 2 is 1.35 bits per heavy atom. The average Bonchev–Trinajstić information content (AvgIpc) is 2.72. The Morgan fingerprint density at radius 3 is 1.96 bits per heavy atom. The first kappa shape index (κ1) is 17.4. The Balaban J connectivity index is 1.60. The lowest BCUT2D eigenvalue weighted by Gasteiger charge is -2.07. The molecule has 0 heterocycles. The van der Waals surface area contributed by atoms with Crippen LogP contribution in [0.3, 0.4) is 0 Å². The summed E-state index contributed by atoms with van der Waals surface area (Å²) < 4.78 is 5.07. The van der Waals surface area contributed by atoms with Crippen LogP contribution in [0, 0.1) is 0 Å². The van der Waals surface area contributed by atoms with Crippen molar-refractivity contribution in [2.24, 2.45) is 0 Å². The predicted molar refractivity (Wildman–Crippen MR) is 102 cm³/mol. The van der Waals surface area contributed by atoms with Gasteiger partial charge in [-0.3, -0.25) is 9.59 Å². The number of carbonyl (C=O) groups excluding carboxylic acids is 2. The first-order valence-corrected chi connectivity index (χ1v) is 8.28. The number of carbonyl (C=O) groups is 2. The highest BCUT2D eigenvalue weighted by Crippen LogP contribution is 2.19. The molecule has 0 atom stereocenters. The number of Topliss-reactive ketones (excluding diaryl/α,β-unsaturated/α-hetero) is 1. The summed E-state index contributed by atoms with van der Waals surface area (Å²) in [4.78, 5) is 24.4. The van der Waals surface area contributed by atoms with Gasteiger partial charge in [0.1, 0.15) is 5.75 Å². The standard InChI is InChI=1S/C22H19NO3/c1-26-20-13-11-18(12-14-20)21(24)15-23-22(25)19-9-7-17(8-10-19)16-5-3-2-4-6-16/h2-14H,15H2,1H3,(H,23,25). The molecular formula is C22H19NO3. The summed E-state index contributed by atoms with van der Waals surface area (Å²) in [6.07, 6.45) is 0. The quantitative estimate of drug-likeness (QED) is 0.688. The first-order valence-electron chi connectivity index (χ1n) is 8.28. The number of nitrogens with one attached hydrogen (secondary N) is 1. The van der Waals surface area contributed by atoms with Gasteiger partial charge < -0.3 is 10.1 Å². The normalized spacial score (nSPS) is 10.2. The van der Waals surface area contributed by atoms with Crippen LogP contribution in [0.4, 0.5) is 0 Å². The molecule has 0 aliphatic heterocycles. The molecule has 1 amide bonds. The van der Waals surface area contributed by atoms with Crippen molar-refractivity contribution in [1.82, 2.24) is 5.32 Å². The van der Waals surface area contributed by atoms with Crippen LogP contribution >= 0.6 is 0 Å². The number of benzene rings is 3. The highest BCUT2D eigenvalue weighted by molar-refractivity contribution is 6.02. The number of ether oxygens (including phenoxy) is 1. The molecule has 0 fully saturated rings. The molecule has 0 radical (unpaired) electrons. The van der Waals surface area contributed by atoms with Crippen molar-refractivity contribution in [2.75, 3.05) is 13.7 Å². The minimum Gasteiger partial charge on any atom is -0.497 e. The van der Waals surface area contributed by atoms with E-state index >= 15 is 0 Å². The van der Waals surface area contributed by atoms with Gasteiger partial charge in [-0.1, -0.05) is 42.5 Å². The topological polar surface area (TPSA) is 55.4 Å². The number of hydrogen-bond acceptors (Lipinski definition) is 3. The van der Waals surface area contributed by atoms with E-state index in [0.29, 0.717) is 16.9 Å². The molecule has 0 aliphatic carbocycles. The minimum atomic E-state index is -0.272. The van der Waals surface area contributed by atoms with Gasteiger partial charge in [0, 0.05) is 11.1 Å². The van der Waals surface area contributed by atoms with Crippen molar-refractivity contribution in [2.45, 2.75) is 0 Å². The fourth-order valence-electron chi connectivity index (χ4n) is 2.59. The second-order valence-corrected chi connectivity index (χ2v) is 5.78. The van der Waals surface area contributed by atoms with Gasteiger partial charge in [0.15, 0.2) is 5.78 Å². The minimum absolute atomic E-state index is 0.0500. The van der Waals surface area contributed by atoms with Crippen molar-refractivity contribution in [3.05, 3.63) is 90.0 Å². The van der Waals surface area contributed by atoms with Crippen LogP contribution in [0.1, 0.15) is 20.7 Å². The van der Waals surface area contributed by atoms with Crippen LogP contribution in [0.15, 0.2) is 78.9 Å². The number of ketones is 1. The molecule has 26 heavy (non-hydrogen) atoms. The third-order valence-electron chi connectivity index (χ3n) is 4.08. The highest BCUT2D eigenvalue weighted by Gasteiger charge is 2.10. The fourth-order valence-corrected chi connectivity index (χ4v) is 2.59. The highest BCUT2D eigenvalue weighted by atomic mass is 16.5. The second kappa shape index (κ2) is 8.12. The Kier molecular flexibility index (Phi) is 5.44. The van der Waals surface area contributed by atoms with E-state index in [1.54, 1.807) is 43.5 Å². The third-order valence-corrected chi connectivity index (χ3v) is 4.08. The van der Waals surface area contributed by atoms with Crippen molar-refractivity contribution in [3.8, 4) is 16.9 Å².